The van der Waals surface area contributed by atoms with Gasteiger partial charge < -0.3 is 0 Å². The first-order chi connectivity index (χ1) is 6.02. The van der Waals surface area contributed by atoms with Crippen LogP contribution >= 0.6 is 11.8 Å². The van der Waals surface area contributed by atoms with Crippen molar-refractivity contribution in [3.8, 4) is 0 Å². The minimum atomic E-state index is 0.236. The fraction of sp³-hybridized carbons (Fsp3) is 0.727. The Morgan fingerprint density at radius 2 is 2.15 bits per heavy atom. The summed E-state index contributed by atoms with van der Waals surface area (Å²) in [7, 11) is 0. The molecule has 0 radical (unpaired) electrons. The standard InChI is InChI=1S/C11H20SSe/c1-5-7-8-12-10(13)9-11(3,4)6-2/h6H,2,5,7-9H2,1,3-4H3. The van der Waals surface area contributed by atoms with Gasteiger partial charge in [0.2, 0.25) is 0 Å². The van der Waals surface area contributed by atoms with Crippen molar-refractivity contribution >= 4 is 31.1 Å². The van der Waals surface area contributed by atoms with Gasteiger partial charge in [-0.1, -0.05) is 0 Å². The molecule has 0 bridgehead atoms. The summed E-state index contributed by atoms with van der Waals surface area (Å²) in [4.78, 5) is 0. The zero-order chi connectivity index (χ0) is 10.3. The number of hydrogen-bond acceptors (Lipinski definition) is 1. The third kappa shape index (κ3) is 7.54. The van der Waals surface area contributed by atoms with Crippen LogP contribution in [0.3, 0.4) is 0 Å². The molecule has 0 fully saturated rings. The second-order valence-electron chi connectivity index (χ2n) is 3.94. The Labute approximate surface area is 94.9 Å². The van der Waals surface area contributed by atoms with Crippen LogP contribution in [0.25, 0.3) is 0 Å². The van der Waals surface area contributed by atoms with E-state index in [9.17, 15) is 0 Å². The molecule has 0 aromatic rings. The Bertz CT molecular complexity index is 173. The van der Waals surface area contributed by atoms with Gasteiger partial charge in [0.1, 0.15) is 0 Å². The van der Waals surface area contributed by atoms with Crippen molar-refractivity contribution in [1.82, 2.24) is 0 Å². The number of allylic oxidation sites excluding steroid dienone is 1. The van der Waals surface area contributed by atoms with Crippen LogP contribution in [-0.2, 0) is 0 Å². The van der Waals surface area contributed by atoms with Gasteiger partial charge in [0.25, 0.3) is 0 Å². The SMILES string of the molecule is C=CC(C)(C)CC(=[Se])SCCCC. The third-order valence-corrected chi connectivity index (χ3v) is 3.92. The molecule has 0 nitrogen and oxygen atoms in total. The summed E-state index contributed by atoms with van der Waals surface area (Å²) < 4.78 is 1.42. The molecular formula is C11H20SSe. The van der Waals surface area contributed by atoms with Crippen LogP contribution in [0.5, 0.6) is 0 Å². The summed E-state index contributed by atoms with van der Waals surface area (Å²) in [5, 5.41) is 0. The second-order valence-corrected chi connectivity index (χ2v) is 6.75. The Kier molecular flexibility index (Phi) is 7.12. The number of rotatable bonds is 7. The monoisotopic (exact) mass is 264 g/mol. The summed E-state index contributed by atoms with van der Waals surface area (Å²) in [6, 6.07) is 0. The first-order valence-corrected chi connectivity index (χ1v) is 6.65. The Balaban J connectivity index is 3.68. The molecule has 0 aliphatic rings. The molecule has 0 saturated carbocycles. The van der Waals surface area contributed by atoms with Crippen molar-refractivity contribution in [2.45, 2.75) is 40.0 Å². The Hall–Kier alpha value is 0.479. The molecule has 0 aromatic heterocycles. The molecule has 13 heavy (non-hydrogen) atoms. The van der Waals surface area contributed by atoms with E-state index in [0.717, 1.165) is 6.42 Å². The van der Waals surface area contributed by atoms with Gasteiger partial charge in [-0.15, -0.1) is 0 Å². The van der Waals surface area contributed by atoms with E-state index in [1.54, 1.807) is 0 Å². The van der Waals surface area contributed by atoms with Gasteiger partial charge in [0.05, 0.1) is 0 Å². The number of thioether (sulfide) groups is 1. The van der Waals surface area contributed by atoms with Crippen molar-refractivity contribution in [2.75, 3.05) is 5.75 Å². The van der Waals surface area contributed by atoms with E-state index in [0.29, 0.717) is 0 Å². The Morgan fingerprint density at radius 1 is 1.54 bits per heavy atom. The van der Waals surface area contributed by atoms with E-state index in [4.69, 9.17) is 0 Å². The van der Waals surface area contributed by atoms with Gasteiger partial charge in [0.15, 0.2) is 0 Å². The topological polar surface area (TPSA) is 0 Å². The van der Waals surface area contributed by atoms with Crippen LogP contribution in [-0.4, -0.2) is 25.1 Å². The minimum absolute atomic E-state index is 0.236. The number of hydrogen-bond donors (Lipinski definition) is 0. The molecule has 0 heterocycles. The molecule has 0 amide bonds. The first-order valence-electron chi connectivity index (χ1n) is 4.81. The van der Waals surface area contributed by atoms with Crippen molar-refractivity contribution in [3.63, 3.8) is 0 Å². The van der Waals surface area contributed by atoms with E-state index in [1.807, 2.05) is 17.8 Å². The van der Waals surface area contributed by atoms with Crippen LogP contribution in [0.4, 0.5) is 0 Å². The van der Waals surface area contributed by atoms with Gasteiger partial charge >= 0.3 is 94.9 Å². The van der Waals surface area contributed by atoms with Crippen molar-refractivity contribution in [1.29, 1.82) is 0 Å². The second kappa shape index (κ2) is 6.86. The predicted octanol–water partition coefficient (Wildman–Crippen LogP) is 3.42. The summed E-state index contributed by atoms with van der Waals surface area (Å²) in [5.41, 5.74) is 0.236. The van der Waals surface area contributed by atoms with Gasteiger partial charge in [0, 0.05) is 0 Å². The zero-order valence-electron chi connectivity index (χ0n) is 8.93. The van der Waals surface area contributed by atoms with E-state index < -0.39 is 0 Å². The van der Waals surface area contributed by atoms with E-state index in [2.05, 4.69) is 42.9 Å². The molecule has 2 heteroatoms. The summed E-state index contributed by atoms with van der Waals surface area (Å²) in [5.74, 6) is 1.24. The van der Waals surface area contributed by atoms with Crippen molar-refractivity contribution in [2.24, 2.45) is 5.41 Å². The summed E-state index contributed by atoms with van der Waals surface area (Å²) in [6.45, 7) is 10.5. The molecule has 0 aliphatic heterocycles. The fourth-order valence-electron chi connectivity index (χ4n) is 0.826. The fourth-order valence-corrected chi connectivity index (χ4v) is 3.27. The van der Waals surface area contributed by atoms with Gasteiger partial charge in [-0.05, 0) is 0 Å². The van der Waals surface area contributed by atoms with Gasteiger partial charge in [-0.3, -0.25) is 0 Å². The maximum absolute atomic E-state index is 3.85. The molecule has 0 unspecified atom stereocenters. The molecular weight excluding hydrogens is 243 g/mol. The van der Waals surface area contributed by atoms with Crippen LogP contribution in [0.2, 0.25) is 0 Å². The van der Waals surface area contributed by atoms with Crippen LogP contribution in [0, 0.1) is 5.41 Å². The molecule has 76 valence electrons. The molecule has 0 aliphatic carbocycles. The van der Waals surface area contributed by atoms with Crippen LogP contribution in [0.1, 0.15) is 40.0 Å². The first kappa shape index (κ1) is 13.5. The van der Waals surface area contributed by atoms with E-state index >= 15 is 0 Å². The normalized spacial score (nSPS) is 11.3. The average molecular weight is 263 g/mol. The summed E-state index contributed by atoms with van der Waals surface area (Å²) in [6.07, 6.45) is 5.73. The van der Waals surface area contributed by atoms with Crippen molar-refractivity contribution < 1.29 is 0 Å². The van der Waals surface area contributed by atoms with E-state index in [-0.39, 0.29) is 5.41 Å². The molecule has 0 aromatic carbocycles. The summed E-state index contributed by atoms with van der Waals surface area (Å²) >= 11 is 5.11. The predicted molar refractivity (Wildman–Crippen MR) is 66.7 cm³/mol. The molecule has 0 atom stereocenters. The van der Waals surface area contributed by atoms with Gasteiger partial charge in [-0.25, -0.2) is 0 Å². The van der Waals surface area contributed by atoms with E-state index in [1.165, 1.54) is 22.3 Å². The molecule has 0 N–H and O–H groups in total. The van der Waals surface area contributed by atoms with Gasteiger partial charge in [-0.2, -0.15) is 0 Å². The zero-order valence-corrected chi connectivity index (χ0v) is 11.5. The maximum atomic E-state index is 3.85. The quantitative estimate of drug-likeness (QED) is 0.385. The number of unbranched alkanes of at least 4 members (excludes halogenated alkanes) is 1. The Morgan fingerprint density at radius 3 is 2.62 bits per heavy atom. The molecule has 0 saturated heterocycles. The van der Waals surface area contributed by atoms with Crippen molar-refractivity contribution in [3.05, 3.63) is 12.7 Å². The third-order valence-electron chi connectivity index (χ3n) is 1.91. The van der Waals surface area contributed by atoms with Crippen LogP contribution < -0.4 is 0 Å². The molecule has 0 spiro atoms. The molecule has 0 rings (SSSR count). The average Bonchev–Trinajstić information content (AvgIpc) is 2.04. The van der Waals surface area contributed by atoms with Crippen LogP contribution in [0.15, 0.2) is 12.7 Å².